The first-order valence-corrected chi connectivity index (χ1v) is 13.2. The summed E-state index contributed by atoms with van der Waals surface area (Å²) in [5.41, 5.74) is 1.64. The second kappa shape index (κ2) is 10.1. The van der Waals surface area contributed by atoms with Gasteiger partial charge in [-0.25, -0.2) is 9.37 Å². The smallest absolute Gasteiger partial charge is 0.310 e. The van der Waals surface area contributed by atoms with Crippen molar-refractivity contribution in [3.63, 3.8) is 0 Å². The number of aryl methyl sites for hydroxylation is 1. The van der Waals surface area contributed by atoms with Crippen LogP contribution in [0.15, 0.2) is 36.8 Å². The van der Waals surface area contributed by atoms with Gasteiger partial charge in [-0.05, 0) is 43.0 Å². The van der Waals surface area contributed by atoms with E-state index < -0.39 is 45.6 Å². The van der Waals surface area contributed by atoms with Crippen molar-refractivity contribution in [2.24, 2.45) is 17.8 Å². The van der Waals surface area contributed by atoms with Gasteiger partial charge < -0.3 is 10.1 Å². The highest BCUT2D eigenvalue weighted by Crippen LogP contribution is 2.48. The highest BCUT2D eigenvalue weighted by Gasteiger charge is 2.60. The molecule has 0 aliphatic heterocycles. The minimum atomic E-state index is -3.75. The Balaban J connectivity index is 1.61. The number of anilines is 1. The Hall–Kier alpha value is -3.15. The van der Waals surface area contributed by atoms with E-state index in [0.717, 1.165) is 11.8 Å². The quantitative estimate of drug-likeness (QED) is 0.341. The molecule has 3 unspecified atom stereocenters. The van der Waals surface area contributed by atoms with Crippen LogP contribution in [0.1, 0.15) is 12.5 Å². The number of amides is 1. The summed E-state index contributed by atoms with van der Waals surface area (Å²) in [5, 5.41) is 3.41. The van der Waals surface area contributed by atoms with Crippen LogP contribution < -0.4 is 5.32 Å². The maximum Gasteiger partial charge on any atom is 0.310 e. The summed E-state index contributed by atoms with van der Waals surface area (Å²) in [5.74, 6) is -3.96. The molecule has 190 valence electrons. The summed E-state index contributed by atoms with van der Waals surface area (Å²) in [6.45, 7) is 3.25. The molecule has 12 heteroatoms. The number of benzene rings is 1. The van der Waals surface area contributed by atoms with E-state index in [2.05, 4.69) is 15.3 Å². The van der Waals surface area contributed by atoms with Gasteiger partial charge in [0.1, 0.15) is 11.6 Å². The Morgan fingerprint density at radius 1 is 1.19 bits per heavy atom. The molecule has 3 aromatic rings. The van der Waals surface area contributed by atoms with Crippen molar-refractivity contribution in [3.8, 4) is 11.1 Å². The topological polar surface area (TPSA) is 125 Å². The van der Waals surface area contributed by atoms with Gasteiger partial charge in [-0.15, -0.1) is 0 Å². The Morgan fingerprint density at radius 2 is 1.94 bits per heavy atom. The fourth-order valence-electron chi connectivity index (χ4n) is 4.15. The summed E-state index contributed by atoms with van der Waals surface area (Å²) >= 11 is 6.29. The summed E-state index contributed by atoms with van der Waals surface area (Å²) in [4.78, 5) is 33.5. The molecule has 0 bridgehead atoms. The zero-order valence-corrected chi connectivity index (χ0v) is 21.2. The number of fused-ring (bicyclic) bond motifs is 1. The number of pyridine rings is 2. The average molecular weight is 536 g/mol. The van der Waals surface area contributed by atoms with Gasteiger partial charge in [0.05, 0.1) is 36.3 Å². The number of aromatic nitrogens is 2. The number of rotatable bonds is 8. The third kappa shape index (κ3) is 5.32. The van der Waals surface area contributed by atoms with Crippen molar-refractivity contribution < 1.29 is 31.3 Å². The Labute approximate surface area is 212 Å². The van der Waals surface area contributed by atoms with E-state index in [-0.39, 0.29) is 29.6 Å². The molecule has 1 N–H and O–H groups in total. The van der Waals surface area contributed by atoms with E-state index in [0.29, 0.717) is 16.3 Å². The molecular weight excluding hydrogens is 513 g/mol. The highest BCUT2D eigenvalue weighted by atomic mass is 35.5. The molecule has 0 spiro atoms. The van der Waals surface area contributed by atoms with Gasteiger partial charge in [0.25, 0.3) is 10.1 Å². The van der Waals surface area contributed by atoms with Crippen LogP contribution in [0, 0.1) is 30.5 Å². The van der Waals surface area contributed by atoms with Gasteiger partial charge in [0.2, 0.25) is 5.91 Å². The van der Waals surface area contributed by atoms with E-state index in [1.54, 1.807) is 31.5 Å². The number of nitrogens with one attached hydrogen (secondary N) is 1. The molecule has 36 heavy (non-hydrogen) atoms. The van der Waals surface area contributed by atoms with Crippen molar-refractivity contribution in [2.45, 2.75) is 13.8 Å². The first-order chi connectivity index (χ1) is 17.0. The van der Waals surface area contributed by atoms with Crippen molar-refractivity contribution in [1.82, 2.24) is 9.97 Å². The van der Waals surface area contributed by atoms with Crippen molar-refractivity contribution in [2.75, 3.05) is 24.8 Å². The van der Waals surface area contributed by atoms with Crippen LogP contribution in [0.4, 0.5) is 10.2 Å². The van der Waals surface area contributed by atoms with Crippen LogP contribution in [0.3, 0.4) is 0 Å². The SMILES string of the molecule is CCOC(=O)C1C(COS(C)(=O)=O)C1C(=O)Nc1cc2cc(-c3cnccc3C)c(F)c(Cl)c2cn1. The van der Waals surface area contributed by atoms with Gasteiger partial charge in [-0.1, -0.05) is 11.6 Å². The monoisotopic (exact) mass is 535 g/mol. The number of nitrogens with zero attached hydrogens (tertiary/aromatic N) is 2. The summed E-state index contributed by atoms with van der Waals surface area (Å²) in [6, 6.07) is 4.89. The predicted octanol–water partition coefficient (Wildman–Crippen LogP) is 3.74. The molecule has 1 saturated carbocycles. The van der Waals surface area contributed by atoms with Crippen LogP contribution in [-0.4, -0.2) is 49.7 Å². The lowest BCUT2D eigenvalue weighted by Crippen LogP contribution is -2.19. The van der Waals surface area contributed by atoms with Gasteiger partial charge in [-0.3, -0.25) is 18.8 Å². The molecule has 1 aliphatic carbocycles. The highest BCUT2D eigenvalue weighted by molar-refractivity contribution is 7.85. The number of hydrogen-bond acceptors (Lipinski definition) is 8. The number of esters is 1. The van der Waals surface area contributed by atoms with E-state index >= 15 is 4.39 Å². The third-order valence-corrected chi connectivity index (χ3v) is 6.92. The standard InChI is InChI=1S/C24H23ClFN3O6S/c1-4-34-24(31)20-17(11-35-36(3,32)33)19(20)23(30)29-18-8-13-7-14(15-9-27-6-5-12(15)2)22(26)21(25)16(13)10-28-18/h5-10,17,19-20H,4,11H2,1-3H3,(H,28,29,30). The van der Waals surface area contributed by atoms with Gasteiger partial charge in [0, 0.05) is 41.0 Å². The fraction of sp³-hybridized carbons (Fsp3) is 0.333. The molecule has 9 nitrogen and oxygen atoms in total. The molecule has 1 amide bonds. The lowest BCUT2D eigenvalue weighted by Gasteiger charge is -2.12. The number of ether oxygens (including phenoxy) is 1. The van der Waals surface area contributed by atoms with Crippen LogP contribution >= 0.6 is 11.6 Å². The number of halogens is 2. The van der Waals surface area contributed by atoms with E-state index in [1.807, 2.05) is 6.92 Å². The number of carbonyl (C=O) groups excluding carboxylic acids is 2. The average Bonchev–Trinajstić information content (AvgIpc) is 3.55. The zero-order chi connectivity index (χ0) is 26.2. The van der Waals surface area contributed by atoms with Crippen LogP contribution in [0.2, 0.25) is 5.02 Å². The normalized spacial score (nSPS) is 19.2. The second-order valence-electron chi connectivity index (χ2n) is 8.48. The zero-order valence-electron chi connectivity index (χ0n) is 19.6. The van der Waals surface area contributed by atoms with Gasteiger partial charge in [-0.2, -0.15) is 8.42 Å². The van der Waals surface area contributed by atoms with Crippen LogP contribution in [-0.2, 0) is 28.6 Å². The number of carbonyl (C=O) groups is 2. The Morgan fingerprint density at radius 3 is 2.61 bits per heavy atom. The summed E-state index contributed by atoms with van der Waals surface area (Å²) in [7, 11) is -3.75. The molecular formula is C24H23ClFN3O6S. The van der Waals surface area contributed by atoms with E-state index in [9.17, 15) is 18.0 Å². The lowest BCUT2D eigenvalue weighted by molar-refractivity contribution is -0.146. The lowest BCUT2D eigenvalue weighted by atomic mass is 9.99. The third-order valence-electron chi connectivity index (χ3n) is 5.99. The van der Waals surface area contributed by atoms with Crippen LogP contribution in [0.25, 0.3) is 21.9 Å². The van der Waals surface area contributed by atoms with Crippen molar-refractivity contribution >= 4 is 50.2 Å². The molecule has 2 heterocycles. The molecule has 0 radical (unpaired) electrons. The molecule has 0 saturated heterocycles. The summed E-state index contributed by atoms with van der Waals surface area (Å²) < 4.78 is 47.6. The van der Waals surface area contributed by atoms with Crippen molar-refractivity contribution in [1.29, 1.82) is 0 Å². The minimum absolute atomic E-state index is 0.112. The Kier molecular flexibility index (Phi) is 7.26. The number of hydrogen-bond donors (Lipinski definition) is 1. The van der Waals surface area contributed by atoms with Gasteiger partial charge in [0.15, 0.2) is 0 Å². The predicted molar refractivity (Wildman–Crippen MR) is 131 cm³/mol. The largest absolute Gasteiger partial charge is 0.466 e. The minimum Gasteiger partial charge on any atom is -0.466 e. The maximum atomic E-state index is 15.0. The molecule has 1 fully saturated rings. The van der Waals surface area contributed by atoms with Crippen molar-refractivity contribution in [3.05, 3.63) is 53.2 Å². The molecule has 1 aromatic carbocycles. The molecule has 1 aliphatic rings. The summed E-state index contributed by atoms with van der Waals surface area (Å²) in [6.07, 6.45) is 5.38. The second-order valence-corrected chi connectivity index (χ2v) is 10.5. The maximum absolute atomic E-state index is 15.0. The van der Waals surface area contributed by atoms with E-state index in [4.69, 9.17) is 20.5 Å². The molecule has 4 rings (SSSR count). The first kappa shape index (κ1) is 25.9. The molecule has 3 atom stereocenters. The van der Waals surface area contributed by atoms with Crippen LogP contribution in [0.5, 0.6) is 0 Å². The van der Waals surface area contributed by atoms with Gasteiger partial charge >= 0.3 is 5.97 Å². The molecule has 2 aromatic heterocycles. The first-order valence-electron chi connectivity index (χ1n) is 11.0. The fourth-order valence-corrected chi connectivity index (χ4v) is 4.81. The Bertz CT molecular complexity index is 1470. The van der Waals surface area contributed by atoms with E-state index in [1.165, 1.54) is 12.3 Å².